The fourth-order valence-electron chi connectivity index (χ4n) is 3.21. The molecule has 194 valence electrons. The standard InChI is InChI=1S/C25H30ClN7O3Si/c1-25(2,3)37(4,5)36-13-12-32(15-27)18-7-9-19(10-8-18)33-16-30-21(22(33)23(28)34)24(35)31-20-11-6-17(26)14-29-20/h6-11,14,16H,12-13H2,1-5H3,(H2,28,34)(H,29,31,35). The molecule has 0 bridgehead atoms. The van der Waals surface area contributed by atoms with Crippen LogP contribution in [-0.2, 0) is 4.43 Å². The van der Waals surface area contributed by atoms with Gasteiger partial charge in [-0.2, -0.15) is 5.26 Å². The number of carbonyl (C=O) groups is 2. The van der Waals surface area contributed by atoms with E-state index >= 15 is 0 Å². The Morgan fingerprint density at radius 2 is 1.86 bits per heavy atom. The van der Waals surface area contributed by atoms with Crippen molar-refractivity contribution >= 4 is 43.2 Å². The number of carbonyl (C=O) groups excluding carboxylic acids is 2. The van der Waals surface area contributed by atoms with Gasteiger partial charge in [-0.15, -0.1) is 0 Å². The zero-order chi connectivity index (χ0) is 27.4. The first-order chi connectivity index (χ1) is 17.3. The van der Waals surface area contributed by atoms with Crippen LogP contribution >= 0.6 is 11.6 Å². The van der Waals surface area contributed by atoms with E-state index in [-0.39, 0.29) is 22.2 Å². The monoisotopic (exact) mass is 539 g/mol. The largest absolute Gasteiger partial charge is 0.415 e. The van der Waals surface area contributed by atoms with E-state index in [1.807, 2.05) is 0 Å². The van der Waals surface area contributed by atoms with Crippen molar-refractivity contribution in [3.05, 3.63) is 65.3 Å². The highest BCUT2D eigenvalue weighted by molar-refractivity contribution is 6.74. The Balaban J connectivity index is 1.77. The molecular weight excluding hydrogens is 510 g/mol. The first kappa shape index (κ1) is 27.9. The van der Waals surface area contributed by atoms with Crippen molar-refractivity contribution < 1.29 is 14.0 Å². The third-order valence-corrected chi connectivity index (χ3v) is 11.1. The molecule has 0 atom stereocenters. The predicted octanol–water partition coefficient (Wildman–Crippen LogP) is 4.58. The van der Waals surface area contributed by atoms with E-state index in [4.69, 9.17) is 21.8 Å². The number of imidazole rings is 1. The lowest BCUT2D eigenvalue weighted by Gasteiger charge is -2.36. The predicted molar refractivity (Wildman–Crippen MR) is 145 cm³/mol. The van der Waals surface area contributed by atoms with E-state index in [0.29, 0.717) is 29.5 Å². The summed E-state index contributed by atoms with van der Waals surface area (Å²) in [5.74, 6) is -1.22. The molecule has 2 heterocycles. The second kappa shape index (κ2) is 11.1. The third-order valence-electron chi connectivity index (χ3n) is 6.33. The van der Waals surface area contributed by atoms with Crippen LogP contribution in [0.4, 0.5) is 11.5 Å². The van der Waals surface area contributed by atoms with Gasteiger partial charge in [0.15, 0.2) is 20.2 Å². The average Bonchev–Trinajstić information content (AvgIpc) is 3.28. The summed E-state index contributed by atoms with van der Waals surface area (Å²) in [5.41, 5.74) is 6.58. The zero-order valence-corrected chi connectivity index (χ0v) is 23.2. The van der Waals surface area contributed by atoms with Gasteiger partial charge in [-0.3, -0.25) is 19.1 Å². The number of nitrogens with one attached hydrogen (secondary N) is 1. The highest BCUT2D eigenvalue weighted by Gasteiger charge is 2.37. The number of aromatic nitrogens is 3. The zero-order valence-electron chi connectivity index (χ0n) is 21.4. The number of nitrogens with two attached hydrogens (primary N) is 1. The van der Waals surface area contributed by atoms with Crippen LogP contribution in [0.1, 0.15) is 41.7 Å². The molecule has 2 aromatic heterocycles. The van der Waals surface area contributed by atoms with Gasteiger partial charge in [-0.25, -0.2) is 9.97 Å². The van der Waals surface area contributed by atoms with Crippen molar-refractivity contribution in [3.8, 4) is 11.9 Å². The molecule has 0 aliphatic rings. The SMILES string of the molecule is CC(C)(C)[Si](C)(C)OCCN(C#N)c1ccc(-n2cnc(C(=O)Nc3ccc(Cl)cn3)c2C(N)=O)cc1. The molecule has 10 nitrogen and oxygen atoms in total. The molecule has 37 heavy (non-hydrogen) atoms. The summed E-state index contributed by atoms with van der Waals surface area (Å²) in [4.78, 5) is 34.7. The number of halogens is 1. The molecule has 0 aliphatic carbocycles. The average molecular weight is 540 g/mol. The molecule has 1 aromatic carbocycles. The van der Waals surface area contributed by atoms with Gasteiger partial charge in [0.25, 0.3) is 11.8 Å². The van der Waals surface area contributed by atoms with Gasteiger partial charge in [0.1, 0.15) is 17.8 Å². The molecule has 12 heteroatoms. The molecule has 0 fully saturated rings. The molecule has 2 amide bonds. The number of pyridine rings is 1. The fourth-order valence-corrected chi connectivity index (χ4v) is 4.36. The smallest absolute Gasteiger partial charge is 0.277 e. The Morgan fingerprint density at radius 1 is 1.19 bits per heavy atom. The lowest BCUT2D eigenvalue weighted by molar-refractivity contribution is 0.0970. The van der Waals surface area contributed by atoms with E-state index in [1.165, 1.54) is 28.1 Å². The fraction of sp³-hybridized carbons (Fsp3) is 0.320. The van der Waals surface area contributed by atoms with Crippen molar-refractivity contribution in [2.75, 3.05) is 23.4 Å². The molecular formula is C25H30ClN7O3Si. The van der Waals surface area contributed by atoms with Gasteiger partial charge < -0.3 is 15.5 Å². The summed E-state index contributed by atoms with van der Waals surface area (Å²) >= 11 is 5.82. The van der Waals surface area contributed by atoms with Gasteiger partial charge >= 0.3 is 0 Å². The van der Waals surface area contributed by atoms with Crippen LogP contribution in [0.5, 0.6) is 0 Å². The maximum atomic E-state index is 12.8. The number of nitrogens with zero attached hydrogens (tertiary/aromatic N) is 5. The number of hydrogen-bond donors (Lipinski definition) is 2. The summed E-state index contributed by atoms with van der Waals surface area (Å²) in [5, 5.41) is 12.7. The van der Waals surface area contributed by atoms with E-state index in [1.54, 1.807) is 30.3 Å². The number of benzene rings is 1. The molecule has 0 saturated carbocycles. The number of rotatable bonds is 9. The number of primary amides is 1. The molecule has 3 aromatic rings. The van der Waals surface area contributed by atoms with Crippen molar-refractivity contribution in [2.45, 2.75) is 38.9 Å². The summed E-state index contributed by atoms with van der Waals surface area (Å²) in [6.07, 6.45) is 4.91. The summed E-state index contributed by atoms with van der Waals surface area (Å²) in [7, 11) is -1.92. The van der Waals surface area contributed by atoms with Crippen LogP contribution in [-0.4, -0.2) is 47.8 Å². The first-order valence-corrected chi connectivity index (χ1v) is 14.8. The van der Waals surface area contributed by atoms with E-state index < -0.39 is 20.1 Å². The Kier molecular flexibility index (Phi) is 8.38. The van der Waals surface area contributed by atoms with Crippen LogP contribution in [0.3, 0.4) is 0 Å². The topological polar surface area (TPSA) is 139 Å². The van der Waals surface area contributed by atoms with Gasteiger partial charge in [-0.1, -0.05) is 32.4 Å². The minimum atomic E-state index is -1.92. The van der Waals surface area contributed by atoms with Gasteiger partial charge in [0.05, 0.1) is 23.9 Å². The van der Waals surface area contributed by atoms with Crippen LogP contribution in [0, 0.1) is 11.5 Å². The molecule has 0 spiro atoms. The molecule has 3 N–H and O–H groups in total. The second-order valence-corrected chi connectivity index (χ2v) is 15.1. The quantitative estimate of drug-likeness (QED) is 0.230. The molecule has 0 radical (unpaired) electrons. The van der Waals surface area contributed by atoms with Crippen LogP contribution in [0.15, 0.2) is 48.9 Å². The lowest BCUT2D eigenvalue weighted by atomic mass is 10.2. The highest BCUT2D eigenvalue weighted by Crippen LogP contribution is 2.36. The van der Waals surface area contributed by atoms with Crippen LogP contribution in [0.2, 0.25) is 23.2 Å². The van der Waals surface area contributed by atoms with Crippen molar-refractivity contribution in [2.24, 2.45) is 5.73 Å². The number of nitriles is 1. The number of amides is 2. The number of anilines is 2. The Bertz CT molecular complexity index is 1310. The molecule has 0 aliphatic heterocycles. The minimum Gasteiger partial charge on any atom is -0.415 e. The molecule has 0 saturated heterocycles. The van der Waals surface area contributed by atoms with Crippen LogP contribution < -0.4 is 16.0 Å². The van der Waals surface area contributed by atoms with E-state index in [2.05, 4.69) is 55.3 Å². The lowest BCUT2D eigenvalue weighted by Crippen LogP contribution is -2.42. The summed E-state index contributed by atoms with van der Waals surface area (Å²) in [6, 6.07) is 10.0. The Labute approximate surface area is 222 Å². The van der Waals surface area contributed by atoms with Crippen LogP contribution in [0.25, 0.3) is 5.69 Å². The van der Waals surface area contributed by atoms with Crippen molar-refractivity contribution in [1.29, 1.82) is 5.26 Å². The minimum absolute atomic E-state index is 0.0795. The summed E-state index contributed by atoms with van der Waals surface area (Å²) < 4.78 is 7.61. The highest BCUT2D eigenvalue weighted by atomic mass is 35.5. The Morgan fingerprint density at radius 3 is 2.41 bits per heavy atom. The van der Waals surface area contributed by atoms with Gasteiger partial charge in [0.2, 0.25) is 0 Å². The van der Waals surface area contributed by atoms with Gasteiger partial charge in [0, 0.05) is 11.9 Å². The van der Waals surface area contributed by atoms with E-state index in [0.717, 1.165) is 0 Å². The maximum absolute atomic E-state index is 12.8. The van der Waals surface area contributed by atoms with Crippen molar-refractivity contribution in [3.63, 3.8) is 0 Å². The number of hydrogen-bond acceptors (Lipinski definition) is 7. The van der Waals surface area contributed by atoms with Crippen molar-refractivity contribution in [1.82, 2.24) is 14.5 Å². The normalized spacial score (nSPS) is 11.6. The van der Waals surface area contributed by atoms with E-state index in [9.17, 15) is 14.9 Å². The molecule has 0 unspecified atom stereocenters. The third kappa shape index (κ3) is 6.54. The Hall–Kier alpha value is -3.72. The second-order valence-electron chi connectivity index (χ2n) is 9.87. The first-order valence-electron chi connectivity index (χ1n) is 11.6. The molecule has 3 rings (SSSR count). The summed E-state index contributed by atoms with van der Waals surface area (Å²) in [6.45, 7) is 11.7. The van der Waals surface area contributed by atoms with Gasteiger partial charge in [-0.05, 0) is 54.5 Å². The maximum Gasteiger partial charge on any atom is 0.277 e.